The molecular formula is C20H25BrN2OS. The van der Waals surface area contributed by atoms with Gasteiger partial charge in [0.1, 0.15) is 0 Å². The van der Waals surface area contributed by atoms with Crippen LogP contribution < -0.4 is 10.6 Å². The normalized spacial score (nSPS) is 33.8. The van der Waals surface area contributed by atoms with Crippen LogP contribution in [0.4, 0.5) is 0 Å². The summed E-state index contributed by atoms with van der Waals surface area (Å²) in [4.78, 5) is 12.3. The Morgan fingerprint density at radius 3 is 2.16 bits per heavy atom. The van der Waals surface area contributed by atoms with Gasteiger partial charge in [0.25, 0.3) is 5.91 Å². The van der Waals surface area contributed by atoms with E-state index in [1.54, 1.807) is 12.1 Å². The highest BCUT2D eigenvalue weighted by Gasteiger charge is 2.53. The standard InChI is InChI=1S/C20H25BrN2OS/c1-12(20-9-13-6-14(10-20)8-15(7-13)11-20)22-19(25)23-18(24)16-2-4-17(21)5-3-16/h2-5,12-15H,6-11H2,1H3,(H2,22,23,24,25)/t12-,13?,14?,15?,20?/m0/s1. The third-order valence-corrected chi connectivity index (χ3v) is 7.43. The summed E-state index contributed by atoms with van der Waals surface area (Å²) in [6, 6.07) is 7.64. The molecule has 0 spiro atoms. The largest absolute Gasteiger partial charge is 0.359 e. The number of carbonyl (C=O) groups is 1. The molecule has 0 aliphatic heterocycles. The fourth-order valence-corrected chi connectivity index (χ4v) is 6.40. The minimum atomic E-state index is -0.150. The van der Waals surface area contributed by atoms with Crippen molar-refractivity contribution in [2.75, 3.05) is 0 Å². The summed E-state index contributed by atoms with van der Waals surface area (Å²) < 4.78 is 0.959. The number of amides is 1. The molecule has 1 aromatic carbocycles. The Hall–Kier alpha value is -0.940. The van der Waals surface area contributed by atoms with Crippen molar-refractivity contribution >= 4 is 39.2 Å². The number of rotatable bonds is 3. The van der Waals surface area contributed by atoms with E-state index in [1.165, 1.54) is 38.5 Å². The first-order valence-electron chi connectivity index (χ1n) is 9.31. The van der Waals surface area contributed by atoms with Crippen LogP contribution in [-0.2, 0) is 0 Å². The van der Waals surface area contributed by atoms with Crippen molar-refractivity contribution in [3.05, 3.63) is 34.3 Å². The van der Waals surface area contributed by atoms with Gasteiger partial charge < -0.3 is 5.32 Å². The highest BCUT2D eigenvalue weighted by atomic mass is 79.9. The molecule has 25 heavy (non-hydrogen) atoms. The number of thiocarbonyl (C=S) groups is 1. The molecule has 134 valence electrons. The molecular weight excluding hydrogens is 396 g/mol. The van der Waals surface area contributed by atoms with E-state index in [-0.39, 0.29) is 5.91 Å². The quantitative estimate of drug-likeness (QED) is 0.698. The molecule has 1 atom stereocenters. The average molecular weight is 421 g/mol. The molecule has 1 aromatic rings. The predicted molar refractivity (Wildman–Crippen MR) is 107 cm³/mol. The molecule has 3 nitrogen and oxygen atoms in total. The molecule has 4 saturated carbocycles. The number of carbonyl (C=O) groups excluding carboxylic acids is 1. The summed E-state index contributed by atoms with van der Waals surface area (Å²) in [5, 5.41) is 6.74. The van der Waals surface area contributed by atoms with Crippen LogP contribution in [0.3, 0.4) is 0 Å². The Morgan fingerprint density at radius 2 is 1.64 bits per heavy atom. The second-order valence-corrected chi connectivity index (χ2v) is 9.76. The number of halogens is 1. The van der Waals surface area contributed by atoms with Gasteiger partial charge in [0.2, 0.25) is 0 Å². The lowest BCUT2D eigenvalue weighted by atomic mass is 9.48. The number of benzene rings is 1. The second-order valence-electron chi connectivity index (χ2n) is 8.44. The first kappa shape index (κ1) is 17.5. The summed E-state index contributed by atoms with van der Waals surface area (Å²) in [5.74, 6) is 2.60. The smallest absolute Gasteiger partial charge is 0.257 e. The molecule has 5 rings (SSSR count). The molecule has 4 fully saturated rings. The summed E-state index contributed by atoms with van der Waals surface area (Å²) in [5.41, 5.74) is 0.996. The lowest BCUT2D eigenvalue weighted by molar-refractivity contribution is -0.0672. The topological polar surface area (TPSA) is 41.1 Å². The fraction of sp³-hybridized carbons (Fsp3) is 0.600. The zero-order chi connectivity index (χ0) is 17.6. The first-order chi connectivity index (χ1) is 11.9. The Morgan fingerprint density at radius 1 is 1.12 bits per heavy atom. The third-order valence-electron chi connectivity index (χ3n) is 6.69. The molecule has 0 radical (unpaired) electrons. The summed E-state index contributed by atoms with van der Waals surface area (Å²) in [6.07, 6.45) is 8.31. The molecule has 0 unspecified atom stereocenters. The van der Waals surface area contributed by atoms with Gasteiger partial charge in [0.15, 0.2) is 5.11 Å². The predicted octanol–water partition coefficient (Wildman–Crippen LogP) is 4.66. The van der Waals surface area contributed by atoms with Gasteiger partial charge in [-0.15, -0.1) is 0 Å². The van der Waals surface area contributed by atoms with Gasteiger partial charge in [-0.25, -0.2) is 0 Å². The van der Waals surface area contributed by atoms with Crippen molar-refractivity contribution in [2.24, 2.45) is 23.2 Å². The summed E-state index contributed by atoms with van der Waals surface area (Å²) >= 11 is 8.82. The first-order valence-corrected chi connectivity index (χ1v) is 10.5. The highest BCUT2D eigenvalue weighted by Crippen LogP contribution is 2.61. The van der Waals surface area contributed by atoms with Crippen LogP contribution in [0.5, 0.6) is 0 Å². The maximum absolute atomic E-state index is 12.3. The van der Waals surface area contributed by atoms with E-state index in [4.69, 9.17) is 12.2 Å². The van der Waals surface area contributed by atoms with Gasteiger partial charge in [-0.3, -0.25) is 10.1 Å². The van der Waals surface area contributed by atoms with Crippen LogP contribution in [0.25, 0.3) is 0 Å². The number of nitrogens with one attached hydrogen (secondary N) is 2. The van der Waals surface area contributed by atoms with Crippen molar-refractivity contribution in [3.8, 4) is 0 Å². The van der Waals surface area contributed by atoms with Crippen LogP contribution in [0.2, 0.25) is 0 Å². The van der Waals surface area contributed by atoms with Gasteiger partial charge in [-0.2, -0.15) is 0 Å². The zero-order valence-electron chi connectivity index (χ0n) is 14.6. The molecule has 2 N–H and O–H groups in total. The molecule has 0 aromatic heterocycles. The maximum Gasteiger partial charge on any atom is 0.257 e. The molecule has 0 saturated heterocycles. The van der Waals surface area contributed by atoms with Gasteiger partial charge in [-0.05, 0) is 105 Å². The lowest BCUT2D eigenvalue weighted by Gasteiger charge is -2.59. The summed E-state index contributed by atoms with van der Waals surface area (Å²) in [6.45, 7) is 2.26. The molecule has 0 heterocycles. The van der Waals surface area contributed by atoms with Gasteiger partial charge in [-0.1, -0.05) is 15.9 Å². The molecule has 5 heteroatoms. The van der Waals surface area contributed by atoms with Crippen molar-refractivity contribution in [2.45, 2.75) is 51.5 Å². The zero-order valence-corrected chi connectivity index (χ0v) is 17.0. The van der Waals surface area contributed by atoms with Crippen molar-refractivity contribution < 1.29 is 4.79 Å². The van der Waals surface area contributed by atoms with Gasteiger partial charge >= 0.3 is 0 Å². The van der Waals surface area contributed by atoms with Crippen LogP contribution in [-0.4, -0.2) is 17.1 Å². The Bertz CT molecular complexity index is 652. The van der Waals surface area contributed by atoms with E-state index in [1.807, 2.05) is 12.1 Å². The maximum atomic E-state index is 12.3. The van der Waals surface area contributed by atoms with E-state index in [9.17, 15) is 4.79 Å². The molecule has 4 bridgehead atoms. The monoisotopic (exact) mass is 420 g/mol. The molecule has 4 aliphatic carbocycles. The van der Waals surface area contributed by atoms with E-state index >= 15 is 0 Å². The van der Waals surface area contributed by atoms with Gasteiger partial charge in [0.05, 0.1) is 0 Å². The fourth-order valence-electron chi connectivity index (χ4n) is 5.87. The van der Waals surface area contributed by atoms with Crippen LogP contribution in [0.15, 0.2) is 28.7 Å². The lowest BCUT2D eigenvalue weighted by Crippen LogP contribution is -2.57. The van der Waals surface area contributed by atoms with Crippen LogP contribution >= 0.6 is 28.1 Å². The minimum Gasteiger partial charge on any atom is -0.359 e. The van der Waals surface area contributed by atoms with E-state index in [2.05, 4.69) is 33.5 Å². The van der Waals surface area contributed by atoms with Crippen molar-refractivity contribution in [1.82, 2.24) is 10.6 Å². The van der Waals surface area contributed by atoms with Gasteiger partial charge in [0, 0.05) is 16.1 Å². The van der Waals surface area contributed by atoms with E-state index in [0.29, 0.717) is 22.1 Å². The minimum absolute atomic E-state index is 0.150. The van der Waals surface area contributed by atoms with Crippen LogP contribution in [0, 0.1) is 23.2 Å². The van der Waals surface area contributed by atoms with E-state index < -0.39 is 0 Å². The van der Waals surface area contributed by atoms with Crippen molar-refractivity contribution in [3.63, 3.8) is 0 Å². The Balaban J connectivity index is 1.37. The number of hydrogen-bond donors (Lipinski definition) is 2. The average Bonchev–Trinajstić information content (AvgIpc) is 2.54. The third kappa shape index (κ3) is 3.50. The Labute approximate surface area is 163 Å². The Kier molecular flexibility index (Phi) is 4.65. The number of hydrogen-bond acceptors (Lipinski definition) is 2. The highest BCUT2D eigenvalue weighted by molar-refractivity contribution is 9.10. The van der Waals surface area contributed by atoms with Crippen molar-refractivity contribution in [1.29, 1.82) is 0 Å². The summed E-state index contributed by atoms with van der Waals surface area (Å²) in [7, 11) is 0. The molecule has 4 aliphatic rings. The SMILES string of the molecule is C[C@H](NC(=S)NC(=O)c1ccc(Br)cc1)C12CC3CC(CC(C3)C1)C2. The van der Waals surface area contributed by atoms with E-state index in [0.717, 1.165) is 22.2 Å². The second kappa shape index (κ2) is 6.66. The van der Waals surface area contributed by atoms with Crippen LogP contribution in [0.1, 0.15) is 55.8 Å². The molecule has 1 amide bonds.